The Labute approximate surface area is 61.8 Å². The molecule has 0 unspecified atom stereocenters. The van der Waals surface area contributed by atoms with Crippen LogP contribution in [0, 0.1) is 11.8 Å². The van der Waals surface area contributed by atoms with Crippen LogP contribution in [-0.4, -0.2) is 10.7 Å². The second-order valence-corrected chi connectivity index (χ2v) is 3.89. The molecule has 0 aromatic heterocycles. The summed E-state index contributed by atoms with van der Waals surface area (Å²) < 4.78 is 0. The first-order valence-corrected chi connectivity index (χ1v) is 4.09. The van der Waals surface area contributed by atoms with Gasteiger partial charge in [0, 0.05) is 5.92 Å². The van der Waals surface area contributed by atoms with E-state index in [-0.39, 0.29) is 0 Å². The van der Waals surface area contributed by atoms with Gasteiger partial charge in [0.15, 0.2) is 0 Å². The molecule has 3 rings (SSSR count). The smallest absolute Gasteiger partial charge is 0.0687 e. The van der Waals surface area contributed by atoms with E-state index in [1.807, 2.05) is 6.92 Å². The van der Waals surface area contributed by atoms with Crippen molar-refractivity contribution in [2.45, 2.75) is 31.8 Å². The number of fused-ring (bicyclic) bond motifs is 2. The monoisotopic (exact) mass is 138 g/mol. The molecule has 2 bridgehead atoms. The van der Waals surface area contributed by atoms with Crippen LogP contribution in [0.2, 0.25) is 0 Å². The van der Waals surface area contributed by atoms with Crippen molar-refractivity contribution >= 4 is 0 Å². The summed E-state index contributed by atoms with van der Waals surface area (Å²) in [6, 6.07) is 0. The quantitative estimate of drug-likeness (QED) is 0.505. The molecule has 0 aromatic carbocycles. The zero-order valence-electron chi connectivity index (χ0n) is 6.38. The maximum atomic E-state index is 9.81. The first-order chi connectivity index (χ1) is 4.68. The molecule has 10 heavy (non-hydrogen) atoms. The van der Waals surface area contributed by atoms with Crippen LogP contribution in [0.5, 0.6) is 0 Å². The van der Waals surface area contributed by atoms with Gasteiger partial charge in [0.05, 0.1) is 5.60 Å². The summed E-state index contributed by atoms with van der Waals surface area (Å²) in [6.45, 7) is 1.97. The summed E-state index contributed by atoms with van der Waals surface area (Å²) in [5.41, 5.74) is -0.391. The molecule has 3 atom stereocenters. The first kappa shape index (κ1) is 6.41. The SMILES string of the molecule is C[C@]1(O)C[C@@H]2C=C[C@H]1CC2. The van der Waals surface area contributed by atoms with Gasteiger partial charge in [-0.15, -0.1) is 0 Å². The Kier molecular flexibility index (Phi) is 1.19. The Balaban J connectivity index is 2.27. The zero-order valence-corrected chi connectivity index (χ0v) is 6.38. The van der Waals surface area contributed by atoms with Gasteiger partial charge in [-0.2, -0.15) is 0 Å². The lowest BCUT2D eigenvalue weighted by Crippen LogP contribution is -2.42. The van der Waals surface area contributed by atoms with E-state index in [4.69, 9.17) is 0 Å². The number of hydrogen-bond donors (Lipinski definition) is 1. The second-order valence-electron chi connectivity index (χ2n) is 3.89. The molecule has 1 nitrogen and oxygen atoms in total. The lowest BCUT2D eigenvalue weighted by molar-refractivity contribution is -0.0326. The highest BCUT2D eigenvalue weighted by molar-refractivity contribution is 5.11. The van der Waals surface area contributed by atoms with Gasteiger partial charge in [0.25, 0.3) is 0 Å². The highest BCUT2D eigenvalue weighted by Gasteiger charge is 2.39. The van der Waals surface area contributed by atoms with Gasteiger partial charge in [0.2, 0.25) is 0 Å². The van der Waals surface area contributed by atoms with Gasteiger partial charge in [-0.3, -0.25) is 0 Å². The van der Waals surface area contributed by atoms with Crippen LogP contribution >= 0.6 is 0 Å². The topological polar surface area (TPSA) is 20.2 Å². The van der Waals surface area contributed by atoms with Crippen molar-refractivity contribution < 1.29 is 5.11 Å². The molecule has 0 heterocycles. The standard InChI is InChI=1S/C9H14O/c1-9(10)6-7-2-4-8(9)5-3-7/h2,4,7-8,10H,3,5-6H2,1H3/t7-,8+,9+/m1/s1. The minimum Gasteiger partial charge on any atom is -0.390 e. The van der Waals surface area contributed by atoms with Crippen LogP contribution < -0.4 is 0 Å². The third kappa shape index (κ3) is 0.807. The predicted octanol–water partition coefficient (Wildman–Crippen LogP) is 1.72. The van der Waals surface area contributed by atoms with Crippen LogP contribution in [0.4, 0.5) is 0 Å². The van der Waals surface area contributed by atoms with Crippen LogP contribution in [0.3, 0.4) is 0 Å². The molecular weight excluding hydrogens is 124 g/mol. The normalized spacial score (nSPS) is 51.8. The van der Waals surface area contributed by atoms with Gasteiger partial charge >= 0.3 is 0 Å². The molecule has 3 aliphatic rings. The Morgan fingerprint density at radius 3 is 2.40 bits per heavy atom. The van der Waals surface area contributed by atoms with E-state index in [0.29, 0.717) is 11.8 Å². The number of aliphatic hydroxyl groups is 1. The number of rotatable bonds is 0. The van der Waals surface area contributed by atoms with Gasteiger partial charge < -0.3 is 5.11 Å². The first-order valence-electron chi connectivity index (χ1n) is 4.09. The Hall–Kier alpha value is -0.300. The van der Waals surface area contributed by atoms with Crippen molar-refractivity contribution in [3.8, 4) is 0 Å². The zero-order chi connectivity index (χ0) is 7.19. The number of allylic oxidation sites excluding steroid dienone is 1. The van der Waals surface area contributed by atoms with Crippen molar-refractivity contribution in [3.63, 3.8) is 0 Å². The summed E-state index contributed by atoms with van der Waals surface area (Å²) in [4.78, 5) is 0. The molecule has 1 saturated carbocycles. The van der Waals surface area contributed by atoms with E-state index >= 15 is 0 Å². The molecule has 0 aliphatic heterocycles. The minimum absolute atomic E-state index is 0.391. The average molecular weight is 138 g/mol. The summed E-state index contributed by atoms with van der Waals surface area (Å²) in [6.07, 6.45) is 7.92. The summed E-state index contributed by atoms with van der Waals surface area (Å²) in [5, 5.41) is 9.81. The van der Waals surface area contributed by atoms with Gasteiger partial charge in [-0.1, -0.05) is 12.2 Å². The Morgan fingerprint density at radius 2 is 2.20 bits per heavy atom. The van der Waals surface area contributed by atoms with Crippen molar-refractivity contribution in [2.24, 2.45) is 11.8 Å². The molecule has 0 aromatic rings. The molecule has 1 fully saturated rings. The molecule has 56 valence electrons. The molecule has 1 N–H and O–H groups in total. The fourth-order valence-electron chi connectivity index (χ4n) is 2.25. The van der Waals surface area contributed by atoms with Crippen molar-refractivity contribution in [1.82, 2.24) is 0 Å². The molecular formula is C9H14O. The molecule has 0 spiro atoms. The van der Waals surface area contributed by atoms with E-state index in [1.165, 1.54) is 12.8 Å². The summed E-state index contributed by atoms with van der Waals surface area (Å²) in [7, 11) is 0. The average Bonchev–Trinajstić information content (AvgIpc) is 1.87. The molecule has 0 amide bonds. The van der Waals surface area contributed by atoms with Gasteiger partial charge in [-0.25, -0.2) is 0 Å². The summed E-state index contributed by atoms with van der Waals surface area (Å²) in [5.74, 6) is 1.11. The third-order valence-electron chi connectivity index (χ3n) is 2.94. The van der Waals surface area contributed by atoms with Gasteiger partial charge in [0.1, 0.15) is 0 Å². The second kappa shape index (κ2) is 1.85. The van der Waals surface area contributed by atoms with Crippen molar-refractivity contribution in [2.75, 3.05) is 0 Å². The molecule has 0 saturated heterocycles. The molecule has 1 heteroatoms. The van der Waals surface area contributed by atoms with Crippen LogP contribution in [0.15, 0.2) is 12.2 Å². The fourth-order valence-corrected chi connectivity index (χ4v) is 2.25. The van der Waals surface area contributed by atoms with Crippen LogP contribution in [-0.2, 0) is 0 Å². The number of hydrogen-bond acceptors (Lipinski definition) is 1. The Bertz CT molecular complexity index is 170. The largest absolute Gasteiger partial charge is 0.390 e. The molecule has 3 aliphatic carbocycles. The minimum atomic E-state index is -0.391. The van der Waals surface area contributed by atoms with E-state index < -0.39 is 5.60 Å². The van der Waals surface area contributed by atoms with Crippen molar-refractivity contribution in [3.05, 3.63) is 12.2 Å². The van der Waals surface area contributed by atoms with E-state index in [2.05, 4.69) is 12.2 Å². The lowest BCUT2D eigenvalue weighted by Gasteiger charge is -2.42. The Morgan fingerprint density at radius 1 is 1.40 bits per heavy atom. The fraction of sp³-hybridized carbons (Fsp3) is 0.778. The van der Waals surface area contributed by atoms with Crippen molar-refractivity contribution in [1.29, 1.82) is 0 Å². The van der Waals surface area contributed by atoms with E-state index in [1.54, 1.807) is 0 Å². The predicted molar refractivity (Wildman–Crippen MR) is 40.6 cm³/mol. The third-order valence-corrected chi connectivity index (χ3v) is 2.94. The van der Waals surface area contributed by atoms with E-state index in [0.717, 1.165) is 6.42 Å². The highest BCUT2D eigenvalue weighted by atomic mass is 16.3. The molecule has 0 radical (unpaired) electrons. The highest BCUT2D eigenvalue weighted by Crippen LogP contribution is 2.42. The maximum absolute atomic E-state index is 9.81. The van der Waals surface area contributed by atoms with E-state index in [9.17, 15) is 5.11 Å². The lowest BCUT2D eigenvalue weighted by atomic mass is 9.67. The van der Waals surface area contributed by atoms with Crippen LogP contribution in [0.25, 0.3) is 0 Å². The van der Waals surface area contributed by atoms with Gasteiger partial charge in [-0.05, 0) is 32.1 Å². The maximum Gasteiger partial charge on any atom is 0.0687 e. The summed E-state index contributed by atoms with van der Waals surface area (Å²) >= 11 is 0. The van der Waals surface area contributed by atoms with Crippen LogP contribution in [0.1, 0.15) is 26.2 Å².